The monoisotopic (exact) mass is 356 g/mol. The number of nitrogens with one attached hydrogen (secondary N) is 1. The molecule has 9 heteroatoms. The minimum Gasteiger partial charge on any atom is -0.352 e. The van der Waals surface area contributed by atoms with Crippen LogP contribution >= 0.6 is 0 Å². The molecule has 1 N–H and O–H groups in total. The number of sulfonamides is 1. The number of halogens is 3. The fourth-order valence-corrected chi connectivity index (χ4v) is 4.42. The van der Waals surface area contributed by atoms with Gasteiger partial charge in [0.25, 0.3) is 0 Å². The summed E-state index contributed by atoms with van der Waals surface area (Å²) in [4.78, 5) is 12.3. The first-order valence-corrected chi connectivity index (χ1v) is 9.76. The highest BCUT2D eigenvalue weighted by atomic mass is 32.2. The number of hydrogen-bond acceptors (Lipinski definition) is 3. The van der Waals surface area contributed by atoms with Crippen LogP contribution in [0.5, 0.6) is 0 Å². The van der Waals surface area contributed by atoms with Crippen molar-refractivity contribution in [2.45, 2.75) is 50.7 Å². The van der Waals surface area contributed by atoms with Gasteiger partial charge >= 0.3 is 6.18 Å². The zero-order chi connectivity index (χ0) is 17.3. The summed E-state index contributed by atoms with van der Waals surface area (Å²) in [6, 6.07) is -0.415. The van der Waals surface area contributed by atoms with Crippen LogP contribution in [-0.4, -0.2) is 50.2 Å². The van der Waals surface area contributed by atoms with Crippen LogP contribution in [0.4, 0.5) is 13.2 Å². The molecule has 1 aliphatic heterocycles. The van der Waals surface area contributed by atoms with Crippen LogP contribution in [0.3, 0.4) is 0 Å². The Labute approximate surface area is 134 Å². The van der Waals surface area contributed by atoms with Crippen molar-refractivity contribution in [1.82, 2.24) is 9.62 Å². The van der Waals surface area contributed by atoms with E-state index in [4.69, 9.17) is 0 Å². The van der Waals surface area contributed by atoms with E-state index in [-0.39, 0.29) is 19.4 Å². The zero-order valence-electron chi connectivity index (χ0n) is 13.1. The molecule has 1 aliphatic carbocycles. The minimum absolute atomic E-state index is 0.0122. The number of amides is 1. The molecule has 1 saturated carbocycles. The van der Waals surface area contributed by atoms with Gasteiger partial charge in [-0.3, -0.25) is 4.79 Å². The molecule has 134 valence electrons. The van der Waals surface area contributed by atoms with E-state index in [0.717, 1.165) is 6.26 Å². The van der Waals surface area contributed by atoms with Gasteiger partial charge in [0.15, 0.2) is 0 Å². The maximum Gasteiger partial charge on any atom is 0.392 e. The lowest BCUT2D eigenvalue weighted by atomic mass is 9.78. The topological polar surface area (TPSA) is 66.5 Å². The molecule has 2 rings (SSSR count). The molecule has 0 aromatic heterocycles. The Kier molecular flexibility index (Phi) is 5.60. The second-order valence-electron chi connectivity index (χ2n) is 6.51. The van der Waals surface area contributed by atoms with Crippen molar-refractivity contribution in [2.24, 2.45) is 11.8 Å². The summed E-state index contributed by atoms with van der Waals surface area (Å²) in [5.41, 5.74) is 0. The summed E-state index contributed by atoms with van der Waals surface area (Å²) in [6.07, 6.45) is -0.775. The standard InChI is InChI=1S/C14H23F3N2O3S/c1-23(21,22)19-8-4-5-10(9-19)18-13(20)11-6-2-3-7-12(11)14(15,16)17/h10-12H,2-9H2,1H3,(H,18,20). The molecule has 1 heterocycles. The smallest absolute Gasteiger partial charge is 0.352 e. The molecule has 23 heavy (non-hydrogen) atoms. The van der Waals surface area contributed by atoms with E-state index in [0.29, 0.717) is 32.2 Å². The highest BCUT2D eigenvalue weighted by Crippen LogP contribution is 2.41. The number of rotatable bonds is 3. The van der Waals surface area contributed by atoms with E-state index in [2.05, 4.69) is 5.32 Å². The summed E-state index contributed by atoms with van der Waals surface area (Å²) in [7, 11) is -3.35. The largest absolute Gasteiger partial charge is 0.392 e. The van der Waals surface area contributed by atoms with Gasteiger partial charge in [-0.15, -0.1) is 0 Å². The third-order valence-electron chi connectivity index (χ3n) is 4.72. The third-order valence-corrected chi connectivity index (χ3v) is 5.99. The van der Waals surface area contributed by atoms with Crippen LogP contribution in [0.15, 0.2) is 0 Å². The molecule has 2 fully saturated rings. The molecule has 3 unspecified atom stereocenters. The molecule has 0 aromatic rings. The number of nitrogens with zero attached hydrogens (tertiary/aromatic N) is 1. The van der Waals surface area contributed by atoms with Crippen LogP contribution < -0.4 is 5.32 Å². The number of piperidine rings is 1. The average Bonchev–Trinajstić information content (AvgIpc) is 2.46. The summed E-state index contributed by atoms with van der Waals surface area (Å²) < 4.78 is 63.6. The maximum atomic E-state index is 13.1. The normalized spacial score (nSPS) is 30.9. The summed E-state index contributed by atoms with van der Waals surface area (Å²) >= 11 is 0. The molecule has 1 saturated heterocycles. The van der Waals surface area contributed by atoms with Crippen LogP contribution in [-0.2, 0) is 14.8 Å². The van der Waals surface area contributed by atoms with E-state index in [9.17, 15) is 26.4 Å². The fourth-order valence-electron chi connectivity index (χ4n) is 3.51. The second-order valence-corrected chi connectivity index (χ2v) is 8.49. The van der Waals surface area contributed by atoms with Crippen molar-refractivity contribution in [2.75, 3.05) is 19.3 Å². The van der Waals surface area contributed by atoms with E-state index < -0.39 is 40.0 Å². The second kappa shape index (κ2) is 6.96. The van der Waals surface area contributed by atoms with Gasteiger partial charge in [-0.05, 0) is 25.7 Å². The summed E-state index contributed by atoms with van der Waals surface area (Å²) in [5.74, 6) is -3.24. The van der Waals surface area contributed by atoms with Crippen molar-refractivity contribution in [3.63, 3.8) is 0 Å². The van der Waals surface area contributed by atoms with E-state index >= 15 is 0 Å². The number of hydrogen-bond donors (Lipinski definition) is 1. The zero-order valence-corrected chi connectivity index (χ0v) is 13.9. The molecule has 0 aromatic carbocycles. The fraction of sp³-hybridized carbons (Fsp3) is 0.929. The predicted molar refractivity (Wildman–Crippen MR) is 79.1 cm³/mol. The summed E-state index contributed by atoms with van der Waals surface area (Å²) in [6.45, 7) is 0.522. The van der Waals surface area contributed by atoms with Crippen LogP contribution in [0, 0.1) is 11.8 Å². The van der Waals surface area contributed by atoms with Crippen LogP contribution in [0.2, 0.25) is 0 Å². The van der Waals surface area contributed by atoms with E-state index in [1.807, 2.05) is 0 Å². The van der Waals surface area contributed by atoms with Gasteiger partial charge in [-0.2, -0.15) is 13.2 Å². The molecule has 5 nitrogen and oxygen atoms in total. The molecule has 0 radical (unpaired) electrons. The minimum atomic E-state index is -4.37. The Balaban J connectivity index is 2.00. The quantitative estimate of drug-likeness (QED) is 0.840. The highest BCUT2D eigenvalue weighted by Gasteiger charge is 2.48. The first-order chi connectivity index (χ1) is 10.6. The Morgan fingerprint density at radius 2 is 1.78 bits per heavy atom. The van der Waals surface area contributed by atoms with Crippen molar-refractivity contribution < 1.29 is 26.4 Å². The molecule has 3 atom stereocenters. The van der Waals surface area contributed by atoms with Crippen molar-refractivity contribution in [3.05, 3.63) is 0 Å². The Hall–Kier alpha value is -0.830. The van der Waals surface area contributed by atoms with Gasteiger partial charge in [-0.1, -0.05) is 12.8 Å². The Morgan fingerprint density at radius 3 is 2.39 bits per heavy atom. The van der Waals surface area contributed by atoms with Gasteiger partial charge < -0.3 is 5.32 Å². The lowest BCUT2D eigenvalue weighted by molar-refractivity contribution is -0.198. The molecule has 2 aliphatic rings. The van der Waals surface area contributed by atoms with E-state index in [1.54, 1.807) is 0 Å². The first-order valence-electron chi connectivity index (χ1n) is 7.91. The number of alkyl halides is 3. The first kappa shape index (κ1) is 18.5. The van der Waals surface area contributed by atoms with Gasteiger partial charge in [0.1, 0.15) is 0 Å². The molecule has 1 amide bonds. The molecule has 0 bridgehead atoms. The Bertz CT molecular complexity index is 536. The SMILES string of the molecule is CS(=O)(=O)N1CCCC(NC(=O)C2CCCCC2C(F)(F)F)C1. The molecular weight excluding hydrogens is 333 g/mol. The van der Waals surface area contributed by atoms with E-state index in [1.165, 1.54) is 4.31 Å². The van der Waals surface area contributed by atoms with Gasteiger partial charge in [0.2, 0.25) is 15.9 Å². The van der Waals surface area contributed by atoms with Crippen molar-refractivity contribution in [3.8, 4) is 0 Å². The van der Waals surface area contributed by atoms with Crippen LogP contribution in [0.25, 0.3) is 0 Å². The highest BCUT2D eigenvalue weighted by molar-refractivity contribution is 7.88. The number of carbonyl (C=O) groups is 1. The lowest BCUT2D eigenvalue weighted by Gasteiger charge is -2.35. The Morgan fingerprint density at radius 1 is 1.13 bits per heavy atom. The maximum absolute atomic E-state index is 13.1. The van der Waals surface area contributed by atoms with Crippen molar-refractivity contribution in [1.29, 1.82) is 0 Å². The van der Waals surface area contributed by atoms with Gasteiger partial charge in [0, 0.05) is 25.0 Å². The molecular formula is C14H23F3N2O3S. The van der Waals surface area contributed by atoms with Gasteiger partial charge in [-0.25, -0.2) is 12.7 Å². The third kappa shape index (κ3) is 4.82. The number of carbonyl (C=O) groups excluding carboxylic acids is 1. The lowest BCUT2D eigenvalue weighted by Crippen LogP contribution is -2.52. The summed E-state index contributed by atoms with van der Waals surface area (Å²) in [5, 5.41) is 2.65. The van der Waals surface area contributed by atoms with Crippen LogP contribution in [0.1, 0.15) is 38.5 Å². The van der Waals surface area contributed by atoms with Crippen molar-refractivity contribution >= 4 is 15.9 Å². The average molecular weight is 356 g/mol. The van der Waals surface area contributed by atoms with Gasteiger partial charge in [0.05, 0.1) is 12.2 Å². The predicted octanol–water partition coefficient (Wildman–Crippen LogP) is 1.90. The molecule has 0 spiro atoms.